The lowest BCUT2D eigenvalue weighted by molar-refractivity contribution is -0.120. The molecule has 13 heteroatoms. The second-order valence-corrected chi connectivity index (χ2v) is 11.8. The van der Waals surface area contributed by atoms with Gasteiger partial charge in [-0.15, -0.1) is 0 Å². The van der Waals surface area contributed by atoms with Gasteiger partial charge in [-0.1, -0.05) is 26.3 Å². The summed E-state index contributed by atoms with van der Waals surface area (Å²) in [5, 5.41) is 9.05. The zero-order chi connectivity index (χ0) is 34.7. The van der Waals surface area contributed by atoms with Crippen LogP contribution in [0.4, 0.5) is 11.4 Å². The number of aryl methyl sites for hydroxylation is 1. The van der Waals surface area contributed by atoms with Crippen molar-refractivity contribution in [1.82, 2.24) is 15.3 Å². The minimum absolute atomic E-state index is 0.187. The molecule has 252 valence electrons. The molecule has 0 bridgehead atoms. The first-order valence-electron chi connectivity index (χ1n) is 15.6. The lowest BCUT2D eigenvalue weighted by atomic mass is 9.95. The molecule has 0 fully saturated rings. The molecule has 1 aliphatic carbocycles. The number of ether oxygens (including phenoxy) is 3. The summed E-state index contributed by atoms with van der Waals surface area (Å²) < 4.78 is 17.1. The molecule has 1 aromatic heterocycles. The fourth-order valence-electron chi connectivity index (χ4n) is 6.11. The van der Waals surface area contributed by atoms with Gasteiger partial charge in [-0.2, -0.15) is 0 Å². The molecule has 3 aromatic carbocycles. The monoisotopic (exact) mass is 657 g/mol. The second kappa shape index (κ2) is 14.0. The average Bonchev–Trinajstić information content (AvgIpc) is 3.30. The largest absolute Gasteiger partial charge is 0.493 e. The maximum Gasteiger partial charge on any atom is 0.314 e. The van der Waals surface area contributed by atoms with Crippen LogP contribution in [0.25, 0.3) is 22.2 Å². The number of benzene rings is 2. The lowest BCUT2D eigenvalue weighted by Gasteiger charge is -2.24. The highest BCUT2D eigenvalue weighted by molar-refractivity contribution is 5.98. The Bertz CT molecular complexity index is 2070. The molecule has 4 aromatic rings. The van der Waals surface area contributed by atoms with Gasteiger partial charge >= 0.3 is 11.1 Å². The third-order valence-electron chi connectivity index (χ3n) is 8.71. The van der Waals surface area contributed by atoms with Gasteiger partial charge in [-0.25, -0.2) is 0 Å². The molecule has 0 saturated carbocycles. The summed E-state index contributed by atoms with van der Waals surface area (Å²) in [5.41, 5.74) is 2.26. The number of carbonyl (C=O) groups is 2. The number of carbonyl (C=O) groups excluding carboxylic acids is 2. The van der Waals surface area contributed by atoms with E-state index >= 15 is 0 Å². The molecular weight excluding hydrogens is 618 g/mol. The molecule has 0 saturated heterocycles. The summed E-state index contributed by atoms with van der Waals surface area (Å²) in [5.74, 6) is 0.481. The number of amides is 2. The van der Waals surface area contributed by atoms with Crippen LogP contribution in [0.1, 0.15) is 50.8 Å². The van der Waals surface area contributed by atoms with Crippen LogP contribution in [0.3, 0.4) is 0 Å². The Kier molecular flexibility index (Phi) is 9.87. The van der Waals surface area contributed by atoms with E-state index in [1.54, 1.807) is 37.4 Å². The first-order chi connectivity index (χ1) is 23.0. The number of H-pyrrole nitrogens is 2. The molecule has 3 atom stereocenters. The molecule has 0 radical (unpaired) electrons. The number of nitrogens with one attached hydrogen (secondary N) is 5. The smallest absolute Gasteiger partial charge is 0.314 e. The quantitative estimate of drug-likeness (QED) is 0.158. The summed E-state index contributed by atoms with van der Waals surface area (Å²) in [6.45, 7) is 5.27. The van der Waals surface area contributed by atoms with Gasteiger partial charge in [0, 0.05) is 18.2 Å². The van der Waals surface area contributed by atoms with Gasteiger partial charge in [-0.3, -0.25) is 24.0 Å². The van der Waals surface area contributed by atoms with E-state index in [1.165, 1.54) is 27.2 Å². The van der Waals surface area contributed by atoms with Crippen molar-refractivity contribution in [2.45, 2.75) is 52.1 Å². The topological polar surface area (TPSA) is 181 Å². The van der Waals surface area contributed by atoms with Gasteiger partial charge in [0.05, 0.1) is 44.1 Å². The second-order valence-electron chi connectivity index (χ2n) is 11.8. The number of methoxy groups -OCH3 is 3. The Balaban J connectivity index is 1.59. The standard InChI is InChI=1S/C35H39N5O8/c1-7-17(2)30(33(43)37-20-9-12-24-26(15-20)40-35(45)34(44)39-24)38-25-13-10-21-22(16-27(25)42)23(36-18(3)41)11-8-19-14-28(46-4)31(47-5)32(48-6)29(19)21/h9-10,12-17,23,30H,7-8,11H2,1-6H3,(H,36,41)(H,37,43)(H,38,42)(H,39,44)(H,40,45)/t17-,23-,30+/m0/s1. The lowest BCUT2D eigenvalue weighted by Crippen LogP contribution is -2.40. The van der Waals surface area contributed by atoms with Crippen molar-refractivity contribution in [2.24, 2.45) is 5.92 Å². The zero-order valence-corrected chi connectivity index (χ0v) is 27.7. The zero-order valence-electron chi connectivity index (χ0n) is 27.7. The highest BCUT2D eigenvalue weighted by atomic mass is 16.5. The van der Waals surface area contributed by atoms with Crippen molar-refractivity contribution in [2.75, 3.05) is 32.0 Å². The van der Waals surface area contributed by atoms with Crippen molar-refractivity contribution in [3.05, 3.63) is 84.5 Å². The van der Waals surface area contributed by atoms with Crippen molar-refractivity contribution in [1.29, 1.82) is 0 Å². The summed E-state index contributed by atoms with van der Waals surface area (Å²) in [4.78, 5) is 68.5. The SMILES string of the molecule is CC[C@H](C)[C@@H](Nc1ccc2c(cc1=O)[C@@H](NC(C)=O)CCc1cc(OC)c(OC)c(OC)c1-2)C(=O)Nc1ccc2[nH]c(=O)c(=O)[nH]c2c1. The Morgan fingerprint density at radius 1 is 0.917 bits per heavy atom. The van der Waals surface area contributed by atoms with Crippen molar-refractivity contribution < 1.29 is 23.8 Å². The molecule has 5 rings (SSSR count). The Morgan fingerprint density at radius 2 is 1.62 bits per heavy atom. The Hall–Kier alpha value is -5.59. The van der Waals surface area contributed by atoms with Gasteiger partial charge in [-0.05, 0) is 71.8 Å². The maximum atomic E-state index is 13.9. The summed E-state index contributed by atoms with van der Waals surface area (Å²) in [7, 11) is 4.60. The number of fused-ring (bicyclic) bond motifs is 4. The maximum absolute atomic E-state index is 13.9. The molecule has 2 amide bonds. The Labute approximate surface area is 276 Å². The highest BCUT2D eigenvalue weighted by Gasteiger charge is 2.30. The van der Waals surface area contributed by atoms with Crippen molar-refractivity contribution >= 4 is 34.2 Å². The van der Waals surface area contributed by atoms with Crippen molar-refractivity contribution in [3.63, 3.8) is 0 Å². The van der Waals surface area contributed by atoms with Gasteiger partial charge in [0.25, 0.3) is 0 Å². The van der Waals surface area contributed by atoms with Gasteiger partial charge in [0.2, 0.25) is 23.0 Å². The van der Waals surface area contributed by atoms with E-state index in [1.807, 2.05) is 19.9 Å². The van der Waals surface area contributed by atoms with Crippen molar-refractivity contribution in [3.8, 4) is 28.4 Å². The van der Waals surface area contributed by atoms with Crippen LogP contribution in [0.2, 0.25) is 0 Å². The summed E-state index contributed by atoms with van der Waals surface area (Å²) >= 11 is 0. The van der Waals surface area contributed by atoms with Crippen LogP contribution in [-0.4, -0.2) is 49.2 Å². The molecule has 0 aliphatic heterocycles. The minimum atomic E-state index is -0.826. The predicted octanol–water partition coefficient (Wildman–Crippen LogP) is 3.86. The first-order valence-corrected chi connectivity index (χ1v) is 15.6. The minimum Gasteiger partial charge on any atom is -0.493 e. The van der Waals surface area contributed by atoms with Crippen LogP contribution in [0, 0.1) is 5.92 Å². The third kappa shape index (κ3) is 6.61. The number of aromatic nitrogens is 2. The fourth-order valence-corrected chi connectivity index (χ4v) is 6.11. The van der Waals surface area contributed by atoms with Crippen LogP contribution in [0.15, 0.2) is 56.8 Å². The third-order valence-corrected chi connectivity index (χ3v) is 8.71. The van der Waals surface area contributed by atoms with E-state index in [2.05, 4.69) is 25.9 Å². The van der Waals surface area contributed by atoms with Gasteiger partial charge in [0.15, 0.2) is 11.5 Å². The summed E-state index contributed by atoms with van der Waals surface area (Å²) in [6.07, 6.45) is 1.69. The molecular formula is C35H39N5O8. The highest BCUT2D eigenvalue weighted by Crippen LogP contribution is 2.50. The average molecular weight is 658 g/mol. The Morgan fingerprint density at radius 3 is 2.27 bits per heavy atom. The summed E-state index contributed by atoms with van der Waals surface area (Å²) in [6, 6.07) is 10.2. The number of anilines is 2. The molecule has 48 heavy (non-hydrogen) atoms. The van der Waals surface area contributed by atoms with Gasteiger partial charge in [0.1, 0.15) is 6.04 Å². The molecule has 5 N–H and O–H groups in total. The van der Waals surface area contributed by atoms with Gasteiger partial charge < -0.3 is 40.1 Å². The van der Waals surface area contributed by atoms with E-state index in [4.69, 9.17) is 14.2 Å². The molecule has 0 unspecified atom stereocenters. The van der Waals surface area contributed by atoms with Crippen LogP contribution >= 0.6 is 0 Å². The van der Waals surface area contributed by atoms with Crippen LogP contribution < -0.4 is 46.7 Å². The van der Waals surface area contributed by atoms with Crippen LogP contribution in [-0.2, 0) is 16.0 Å². The first kappa shape index (κ1) is 33.8. The van der Waals surface area contributed by atoms with E-state index < -0.39 is 29.1 Å². The van der Waals surface area contributed by atoms with Crippen LogP contribution in [0.5, 0.6) is 17.2 Å². The number of hydrogen-bond donors (Lipinski definition) is 5. The molecule has 13 nitrogen and oxygen atoms in total. The van der Waals surface area contributed by atoms with E-state index in [9.17, 15) is 24.0 Å². The number of hydrogen-bond acceptors (Lipinski definition) is 9. The number of aromatic amines is 2. The van der Waals surface area contributed by atoms with E-state index in [0.717, 1.165) is 5.56 Å². The van der Waals surface area contributed by atoms with E-state index in [0.29, 0.717) is 69.9 Å². The van der Waals surface area contributed by atoms with E-state index in [-0.39, 0.29) is 22.9 Å². The molecule has 1 aliphatic rings. The predicted molar refractivity (Wildman–Crippen MR) is 183 cm³/mol. The number of rotatable bonds is 10. The fraction of sp³-hybridized carbons (Fsp3) is 0.343. The molecule has 1 heterocycles. The normalized spacial score (nSPS) is 14.8. The molecule has 0 spiro atoms.